The first-order valence-electron chi connectivity index (χ1n) is 8.11. The van der Waals surface area contributed by atoms with Crippen LogP contribution < -0.4 is 5.32 Å². The van der Waals surface area contributed by atoms with Gasteiger partial charge >= 0.3 is 0 Å². The molecule has 1 nitrogen and oxygen atoms in total. The van der Waals surface area contributed by atoms with Crippen LogP contribution in [0.1, 0.15) is 51.5 Å². The summed E-state index contributed by atoms with van der Waals surface area (Å²) < 4.78 is 0. The molecule has 1 saturated carbocycles. The Balaban J connectivity index is 1.64. The van der Waals surface area contributed by atoms with E-state index in [1.54, 1.807) is 0 Å². The molecule has 2 heteroatoms. The van der Waals surface area contributed by atoms with E-state index < -0.39 is 0 Å². The molecule has 112 valence electrons. The van der Waals surface area contributed by atoms with Crippen molar-refractivity contribution in [2.24, 2.45) is 11.8 Å². The minimum absolute atomic E-state index is 0.539. The molecule has 0 amide bonds. The molecule has 1 aromatic carbocycles. The Hall–Kier alpha value is -0.530. The molecule has 0 saturated heterocycles. The Morgan fingerprint density at radius 2 is 2.00 bits per heavy atom. The molecule has 0 heterocycles. The highest BCUT2D eigenvalue weighted by Gasteiger charge is 2.18. The van der Waals surface area contributed by atoms with Crippen LogP contribution in [0.5, 0.6) is 0 Å². The normalized spacial score (nSPS) is 24.6. The molecule has 1 aliphatic carbocycles. The second kappa shape index (κ2) is 8.05. The third-order valence-corrected chi connectivity index (χ3v) is 4.80. The number of halogens is 1. The highest BCUT2D eigenvalue weighted by molar-refractivity contribution is 6.30. The lowest BCUT2D eigenvalue weighted by Gasteiger charge is -2.27. The fourth-order valence-electron chi connectivity index (χ4n) is 3.40. The molecule has 3 unspecified atom stereocenters. The average Bonchev–Trinajstić information content (AvgIpc) is 2.41. The number of hydrogen-bond donors (Lipinski definition) is 1. The number of nitrogens with one attached hydrogen (secondary N) is 1. The van der Waals surface area contributed by atoms with Gasteiger partial charge in [0.25, 0.3) is 0 Å². The molecule has 20 heavy (non-hydrogen) atoms. The van der Waals surface area contributed by atoms with Crippen LogP contribution >= 0.6 is 11.6 Å². The zero-order valence-electron chi connectivity index (χ0n) is 12.9. The van der Waals surface area contributed by atoms with E-state index in [1.165, 1.54) is 37.7 Å². The summed E-state index contributed by atoms with van der Waals surface area (Å²) in [4.78, 5) is 0. The van der Waals surface area contributed by atoms with Gasteiger partial charge in [-0.1, -0.05) is 49.9 Å². The minimum Gasteiger partial charge on any atom is -0.314 e. The first-order chi connectivity index (χ1) is 9.63. The van der Waals surface area contributed by atoms with Crippen molar-refractivity contribution in [3.63, 3.8) is 0 Å². The fourth-order valence-corrected chi connectivity index (χ4v) is 3.53. The Labute approximate surface area is 129 Å². The van der Waals surface area contributed by atoms with Gasteiger partial charge in [-0.15, -0.1) is 0 Å². The molecule has 1 aliphatic rings. The highest BCUT2D eigenvalue weighted by atomic mass is 35.5. The van der Waals surface area contributed by atoms with Crippen LogP contribution in [0.25, 0.3) is 0 Å². The van der Waals surface area contributed by atoms with Crippen molar-refractivity contribution in [3.05, 3.63) is 34.9 Å². The van der Waals surface area contributed by atoms with Crippen LogP contribution in [0, 0.1) is 11.8 Å². The van der Waals surface area contributed by atoms with Crippen LogP contribution in [0.3, 0.4) is 0 Å². The summed E-state index contributed by atoms with van der Waals surface area (Å²) in [6, 6.07) is 8.75. The smallest absolute Gasteiger partial charge is 0.0406 e. The molecule has 1 N–H and O–H groups in total. The van der Waals surface area contributed by atoms with E-state index >= 15 is 0 Å². The third-order valence-electron chi connectivity index (χ3n) is 4.55. The molecule has 2 rings (SSSR count). The molecule has 0 radical (unpaired) electrons. The SMILES string of the molecule is CC1CCCC(CCNC(C)Cc2ccc(Cl)cc2)C1. The Morgan fingerprint density at radius 3 is 2.70 bits per heavy atom. The largest absolute Gasteiger partial charge is 0.314 e. The van der Waals surface area contributed by atoms with E-state index in [0.717, 1.165) is 29.8 Å². The molecule has 1 fully saturated rings. The van der Waals surface area contributed by atoms with E-state index in [9.17, 15) is 0 Å². The topological polar surface area (TPSA) is 12.0 Å². The predicted octanol–water partition coefficient (Wildman–Crippen LogP) is 5.08. The summed E-state index contributed by atoms with van der Waals surface area (Å²) in [5.41, 5.74) is 1.36. The maximum absolute atomic E-state index is 5.91. The summed E-state index contributed by atoms with van der Waals surface area (Å²) >= 11 is 5.91. The van der Waals surface area contributed by atoms with Crippen LogP contribution in [-0.2, 0) is 6.42 Å². The first-order valence-corrected chi connectivity index (χ1v) is 8.49. The first kappa shape index (κ1) is 15.9. The summed E-state index contributed by atoms with van der Waals surface area (Å²) in [5, 5.41) is 4.50. The van der Waals surface area contributed by atoms with E-state index in [2.05, 4.69) is 31.3 Å². The molecular weight excluding hydrogens is 266 g/mol. The van der Waals surface area contributed by atoms with Gasteiger partial charge in [-0.25, -0.2) is 0 Å². The molecule has 1 aromatic rings. The van der Waals surface area contributed by atoms with Gasteiger partial charge in [-0.05, 0) is 62.3 Å². The second-order valence-electron chi connectivity index (χ2n) is 6.61. The minimum atomic E-state index is 0.539. The van der Waals surface area contributed by atoms with Gasteiger partial charge in [0, 0.05) is 11.1 Å². The maximum Gasteiger partial charge on any atom is 0.0406 e. The number of benzene rings is 1. The zero-order chi connectivity index (χ0) is 14.4. The van der Waals surface area contributed by atoms with Crippen molar-refractivity contribution in [1.82, 2.24) is 5.32 Å². The molecular formula is C18H28ClN. The standard InChI is InChI=1S/C18H28ClN/c1-14-4-3-5-16(12-14)10-11-20-15(2)13-17-6-8-18(19)9-7-17/h6-9,14-16,20H,3-5,10-13H2,1-2H3. The lowest BCUT2D eigenvalue weighted by atomic mass is 9.81. The third kappa shape index (κ3) is 5.46. The maximum atomic E-state index is 5.91. The molecule has 0 bridgehead atoms. The lowest BCUT2D eigenvalue weighted by molar-refractivity contribution is 0.265. The van der Waals surface area contributed by atoms with Crippen molar-refractivity contribution in [3.8, 4) is 0 Å². The van der Waals surface area contributed by atoms with Crippen molar-refractivity contribution in [2.75, 3.05) is 6.54 Å². The van der Waals surface area contributed by atoms with Crippen molar-refractivity contribution >= 4 is 11.6 Å². The highest BCUT2D eigenvalue weighted by Crippen LogP contribution is 2.30. The van der Waals surface area contributed by atoms with Gasteiger partial charge in [0.05, 0.1) is 0 Å². The van der Waals surface area contributed by atoms with Gasteiger partial charge in [-0.3, -0.25) is 0 Å². The average molecular weight is 294 g/mol. The van der Waals surface area contributed by atoms with Gasteiger partial charge in [0.2, 0.25) is 0 Å². The van der Waals surface area contributed by atoms with Crippen molar-refractivity contribution in [1.29, 1.82) is 0 Å². The Kier molecular flexibility index (Phi) is 6.38. The van der Waals surface area contributed by atoms with Gasteiger partial charge < -0.3 is 5.32 Å². The summed E-state index contributed by atoms with van der Waals surface area (Å²) in [5.74, 6) is 1.90. The van der Waals surface area contributed by atoms with Crippen molar-refractivity contribution < 1.29 is 0 Å². The van der Waals surface area contributed by atoms with E-state index in [-0.39, 0.29) is 0 Å². The second-order valence-corrected chi connectivity index (χ2v) is 7.05. The van der Waals surface area contributed by atoms with Crippen molar-refractivity contribution in [2.45, 2.75) is 58.4 Å². The van der Waals surface area contributed by atoms with Gasteiger partial charge in [0.15, 0.2) is 0 Å². The lowest BCUT2D eigenvalue weighted by Crippen LogP contribution is -2.30. The van der Waals surface area contributed by atoms with E-state index in [1.807, 2.05) is 12.1 Å². The van der Waals surface area contributed by atoms with Crippen LogP contribution in [-0.4, -0.2) is 12.6 Å². The van der Waals surface area contributed by atoms with Gasteiger partial charge in [-0.2, -0.15) is 0 Å². The summed E-state index contributed by atoms with van der Waals surface area (Å²) in [6.45, 7) is 5.84. The summed E-state index contributed by atoms with van der Waals surface area (Å²) in [7, 11) is 0. The van der Waals surface area contributed by atoms with E-state index in [4.69, 9.17) is 11.6 Å². The number of rotatable bonds is 6. The van der Waals surface area contributed by atoms with Crippen LogP contribution in [0.2, 0.25) is 5.02 Å². The Morgan fingerprint density at radius 1 is 1.25 bits per heavy atom. The zero-order valence-corrected chi connectivity index (χ0v) is 13.6. The van der Waals surface area contributed by atoms with Crippen LogP contribution in [0.15, 0.2) is 24.3 Å². The fraction of sp³-hybridized carbons (Fsp3) is 0.667. The van der Waals surface area contributed by atoms with Gasteiger partial charge in [0.1, 0.15) is 0 Å². The number of hydrogen-bond acceptors (Lipinski definition) is 1. The molecule has 0 aromatic heterocycles. The van der Waals surface area contributed by atoms with Crippen LogP contribution in [0.4, 0.5) is 0 Å². The molecule has 3 atom stereocenters. The quantitative estimate of drug-likeness (QED) is 0.771. The molecule has 0 spiro atoms. The van der Waals surface area contributed by atoms with E-state index in [0.29, 0.717) is 6.04 Å². The molecule has 0 aliphatic heterocycles. The Bertz CT molecular complexity index is 387. The summed E-state index contributed by atoms with van der Waals surface area (Å²) in [6.07, 6.45) is 8.18. The monoisotopic (exact) mass is 293 g/mol. The predicted molar refractivity (Wildman–Crippen MR) is 88.4 cm³/mol.